The second-order valence-corrected chi connectivity index (χ2v) is 6.18. The van der Waals surface area contributed by atoms with E-state index in [2.05, 4.69) is 10.6 Å². The van der Waals surface area contributed by atoms with E-state index in [0.717, 1.165) is 12.0 Å². The normalized spacial score (nSPS) is 9.96. The van der Waals surface area contributed by atoms with Crippen molar-refractivity contribution in [3.8, 4) is 6.07 Å². The topological polar surface area (TPSA) is 82.0 Å². The Labute approximate surface area is 163 Å². The van der Waals surface area contributed by atoms with Gasteiger partial charge >= 0.3 is 0 Å². The fraction of sp³-hybridized carbons (Fsp3) is 0.0870. The number of nitriles is 1. The van der Waals surface area contributed by atoms with Crippen LogP contribution in [0.1, 0.15) is 31.8 Å². The molecule has 5 nitrogen and oxygen atoms in total. The van der Waals surface area contributed by atoms with Crippen molar-refractivity contribution in [2.75, 3.05) is 11.9 Å². The maximum absolute atomic E-state index is 12.6. The predicted molar refractivity (Wildman–Crippen MR) is 108 cm³/mol. The van der Waals surface area contributed by atoms with Crippen LogP contribution in [0.3, 0.4) is 0 Å². The lowest BCUT2D eigenvalue weighted by Gasteiger charge is -2.12. The molecule has 3 aromatic rings. The molecular formula is C23H19N3O2. The van der Waals surface area contributed by atoms with Crippen LogP contribution in [-0.2, 0) is 6.42 Å². The Morgan fingerprint density at radius 1 is 0.857 bits per heavy atom. The number of hydrogen-bond acceptors (Lipinski definition) is 3. The molecule has 2 N–H and O–H groups in total. The highest BCUT2D eigenvalue weighted by atomic mass is 16.2. The molecule has 0 saturated carbocycles. The Balaban J connectivity index is 1.67. The fourth-order valence-electron chi connectivity index (χ4n) is 2.77. The largest absolute Gasteiger partial charge is 0.352 e. The third-order valence-electron chi connectivity index (χ3n) is 4.22. The molecule has 0 aliphatic rings. The first kappa shape index (κ1) is 18.9. The van der Waals surface area contributed by atoms with Crippen LogP contribution in [0, 0.1) is 11.3 Å². The van der Waals surface area contributed by atoms with Gasteiger partial charge < -0.3 is 10.6 Å². The molecule has 0 radical (unpaired) electrons. The van der Waals surface area contributed by atoms with Crippen molar-refractivity contribution in [1.82, 2.24) is 5.32 Å². The first-order valence-corrected chi connectivity index (χ1v) is 8.90. The minimum Gasteiger partial charge on any atom is -0.352 e. The number of carbonyl (C=O) groups is 2. The van der Waals surface area contributed by atoms with Crippen LogP contribution < -0.4 is 10.6 Å². The smallest absolute Gasteiger partial charge is 0.255 e. The maximum Gasteiger partial charge on any atom is 0.255 e. The van der Waals surface area contributed by atoms with Gasteiger partial charge in [-0.25, -0.2) is 0 Å². The highest BCUT2D eigenvalue weighted by molar-refractivity contribution is 6.09. The van der Waals surface area contributed by atoms with E-state index < -0.39 is 0 Å². The number of nitrogens with zero attached hydrogens (tertiary/aromatic N) is 1. The molecule has 3 aromatic carbocycles. The van der Waals surface area contributed by atoms with Crippen LogP contribution in [0.2, 0.25) is 0 Å². The minimum absolute atomic E-state index is 0.252. The van der Waals surface area contributed by atoms with Crippen LogP contribution >= 0.6 is 0 Å². The van der Waals surface area contributed by atoms with Crippen LogP contribution in [0.4, 0.5) is 5.69 Å². The second kappa shape index (κ2) is 9.15. The Kier molecular flexibility index (Phi) is 6.17. The fourth-order valence-corrected chi connectivity index (χ4v) is 2.77. The summed E-state index contributed by atoms with van der Waals surface area (Å²) in [5.74, 6) is -0.626. The van der Waals surface area contributed by atoms with Crippen LogP contribution in [0.15, 0.2) is 78.9 Å². The van der Waals surface area contributed by atoms with Gasteiger partial charge in [-0.05, 0) is 42.3 Å². The number of carbonyl (C=O) groups excluding carboxylic acids is 2. The number of anilines is 1. The highest BCUT2D eigenvalue weighted by Crippen LogP contribution is 2.17. The standard InChI is InChI=1S/C23H19N3O2/c24-16-18-9-6-10-19(15-18)22(27)26-21-12-5-4-11-20(21)23(28)25-14-13-17-7-2-1-3-8-17/h1-12,15H,13-14H2,(H,25,28)(H,26,27). The van der Waals surface area contributed by atoms with Gasteiger partial charge in [0.15, 0.2) is 0 Å². The van der Waals surface area contributed by atoms with Gasteiger partial charge in [0.2, 0.25) is 0 Å². The highest BCUT2D eigenvalue weighted by Gasteiger charge is 2.14. The van der Waals surface area contributed by atoms with Crippen molar-refractivity contribution in [3.63, 3.8) is 0 Å². The second-order valence-electron chi connectivity index (χ2n) is 6.18. The van der Waals surface area contributed by atoms with Crippen LogP contribution in [0.5, 0.6) is 0 Å². The molecule has 3 rings (SSSR count). The molecule has 0 fully saturated rings. The third kappa shape index (κ3) is 4.83. The lowest BCUT2D eigenvalue weighted by Crippen LogP contribution is -2.27. The zero-order chi connectivity index (χ0) is 19.8. The molecular weight excluding hydrogens is 350 g/mol. The summed E-state index contributed by atoms with van der Waals surface area (Å²) in [5, 5.41) is 14.6. The van der Waals surface area contributed by atoms with Crippen molar-refractivity contribution >= 4 is 17.5 Å². The van der Waals surface area contributed by atoms with E-state index in [1.165, 1.54) is 6.07 Å². The SMILES string of the molecule is N#Cc1cccc(C(=O)Nc2ccccc2C(=O)NCCc2ccccc2)c1. The lowest BCUT2D eigenvalue weighted by molar-refractivity contribution is 0.0955. The van der Waals surface area contributed by atoms with Gasteiger partial charge in [-0.1, -0.05) is 48.5 Å². The van der Waals surface area contributed by atoms with E-state index in [1.807, 2.05) is 36.4 Å². The molecule has 138 valence electrons. The Morgan fingerprint density at radius 3 is 2.39 bits per heavy atom. The lowest BCUT2D eigenvalue weighted by atomic mass is 10.1. The van der Waals surface area contributed by atoms with Crippen molar-refractivity contribution < 1.29 is 9.59 Å². The summed E-state index contributed by atoms with van der Waals surface area (Å²) >= 11 is 0. The van der Waals surface area contributed by atoms with Crippen molar-refractivity contribution in [1.29, 1.82) is 5.26 Å². The molecule has 0 aliphatic heterocycles. The number of para-hydroxylation sites is 1. The molecule has 0 aromatic heterocycles. The number of rotatable bonds is 6. The molecule has 28 heavy (non-hydrogen) atoms. The molecule has 0 heterocycles. The van der Waals surface area contributed by atoms with E-state index in [0.29, 0.717) is 28.9 Å². The van der Waals surface area contributed by atoms with Crippen molar-refractivity contribution in [2.45, 2.75) is 6.42 Å². The van der Waals surface area contributed by atoms with Gasteiger partial charge in [0.25, 0.3) is 11.8 Å². The molecule has 0 bridgehead atoms. The van der Waals surface area contributed by atoms with Crippen molar-refractivity contribution in [3.05, 3.63) is 101 Å². The number of amides is 2. The Morgan fingerprint density at radius 2 is 1.61 bits per heavy atom. The van der Waals surface area contributed by atoms with Crippen LogP contribution in [0.25, 0.3) is 0 Å². The zero-order valence-electron chi connectivity index (χ0n) is 15.2. The van der Waals surface area contributed by atoms with Gasteiger partial charge in [0, 0.05) is 12.1 Å². The van der Waals surface area contributed by atoms with Gasteiger partial charge in [-0.2, -0.15) is 5.26 Å². The predicted octanol–water partition coefficient (Wildman–Crippen LogP) is 3.78. The van der Waals surface area contributed by atoms with E-state index in [-0.39, 0.29) is 11.8 Å². The van der Waals surface area contributed by atoms with Gasteiger partial charge in [-0.15, -0.1) is 0 Å². The quantitative estimate of drug-likeness (QED) is 0.694. The number of hydrogen-bond donors (Lipinski definition) is 2. The summed E-state index contributed by atoms with van der Waals surface area (Å²) in [7, 11) is 0. The maximum atomic E-state index is 12.6. The van der Waals surface area contributed by atoms with Gasteiger partial charge in [0.1, 0.15) is 0 Å². The summed E-state index contributed by atoms with van der Waals surface area (Å²) in [5.41, 5.74) is 2.71. The van der Waals surface area contributed by atoms with Gasteiger partial charge in [0.05, 0.1) is 22.9 Å². The first-order chi connectivity index (χ1) is 13.7. The van der Waals surface area contributed by atoms with E-state index in [1.54, 1.807) is 42.5 Å². The summed E-state index contributed by atoms with van der Waals surface area (Å²) < 4.78 is 0. The zero-order valence-corrected chi connectivity index (χ0v) is 15.2. The van der Waals surface area contributed by atoms with E-state index >= 15 is 0 Å². The minimum atomic E-state index is -0.373. The average Bonchev–Trinajstić information content (AvgIpc) is 2.75. The molecule has 5 heteroatoms. The molecule has 0 aliphatic carbocycles. The monoisotopic (exact) mass is 369 g/mol. The van der Waals surface area contributed by atoms with E-state index in [9.17, 15) is 9.59 Å². The van der Waals surface area contributed by atoms with Crippen molar-refractivity contribution in [2.24, 2.45) is 0 Å². The van der Waals surface area contributed by atoms with Gasteiger partial charge in [-0.3, -0.25) is 9.59 Å². The van der Waals surface area contributed by atoms with Crippen LogP contribution in [-0.4, -0.2) is 18.4 Å². The molecule has 0 saturated heterocycles. The Hall–Kier alpha value is -3.91. The summed E-state index contributed by atoms with van der Waals surface area (Å²) in [6.45, 7) is 0.495. The van der Waals surface area contributed by atoms with E-state index in [4.69, 9.17) is 5.26 Å². The Bertz CT molecular complexity index is 1020. The number of nitrogens with one attached hydrogen (secondary N) is 2. The summed E-state index contributed by atoms with van der Waals surface area (Å²) in [4.78, 5) is 25.1. The molecule has 0 unspecified atom stereocenters. The number of benzene rings is 3. The first-order valence-electron chi connectivity index (χ1n) is 8.90. The molecule has 0 atom stereocenters. The average molecular weight is 369 g/mol. The third-order valence-corrected chi connectivity index (χ3v) is 4.22. The summed E-state index contributed by atoms with van der Waals surface area (Å²) in [6.07, 6.45) is 0.724. The molecule has 0 spiro atoms. The molecule has 2 amide bonds. The summed E-state index contributed by atoms with van der Waals surface area (Å²) in [6, 6.07) is 25.2.